The van der Waals surface area contributed by atoms with Gasteiger partial charge in [0.25, 0.3) is 5.91 Å². The van der Waals surface area contributed by atoms with Crippen molar-refractivity contribution in [3.8, 4) is 0 Å². The molecule has 3 aromatic rings. The van der Waals surface area contributed by atoms with E-state index in [2.05, 4.69) is 50.2 Å². The summed E-state index contributed by atoms with van der Waals surface area (Å²) < 4.78 is 10.2. The Balaban J connectivity index is 1.21. The molecule has 0 saturated heterocycles. The molecule has 1 aliphatic carbocycles. The monoisotopic (exact) mass is 437 g/mol. The largest absolute Gasteiger partial charge is 0.447 e. The highest BCUT2D eigenvalue weighted by Crippen LogP contribution is 2.40. The molecule has 9 nitrogen and oxygen atoms in total. The number of oxazole rings is 2. The lowest BCUT2D eigenvalue weighted by atomic mass is 10.1. The SMILES string of the molecule is O=C(NC(CCCCNC1CC1c1ccccc1)C(=O)NCc1cnco1)c1cnco1. The summed E-state index contributed by atoms with van der Waals surface area (Å²) in [6.45, 7) is 1.08. The lowest BCUT2D eigenvalue weighted by Gasteiger charge is -2.17. The van der Waals surface area contributed by atoms with Gasteiger partial charge in [-0.3, -0.25) is 9.59 Å². The van der Waals surface area contributed by atoms with Gasteiger partial charge in [-0.2, -0.15) is 0 Å². The van der Waals surface area contributed by atoms with Gasteiger partial charge in [0.05, 0.1) is 18.9 Å². The molecular formula is C23H27N5O4. The zero-order chi connectivity index (χ0) is 22.2. The zero-order valence-corrected chi connectivity index (χ0v) is 17.7. The smallest absolute Gasteiger partial charge is 0.289 e. The van der Waals surface area contributed by atoms with E-state index in [1.165, 1.54) is 30.7 Å². The molecule has 0 bridgehead atoms. The molecule has 0 spiro atoms. The van der Waals surface area contributed by atoms with Crippen molar-refractivity contribution in [2.75, 3.05) is 6.54 Å². The number of carbonyl (C=O) groups is 2. The third-order valence-corrected chi connectivity index (χ3v) is 5.54. The van der Waals surface area contributed by atoms with Crippen LogP contribution in [-0.2, 0) is 11.3 Å². The average molecular weight is 438 g/mol. The van der Waals surface area contributed by atoms with Gasteiger partial charge >= 0.3 is 0 Å². The lowest BCUT2D eigenvalue weighted by Crippen LogP contribution is -2.46. The predicted octanol–water partition coefficient (Wildman–Crippen LogP) is 2.39. The molecule has 1 aromatic carbocycles. The maximum atomic E-state index is 12.7. The van der Waals surface area contributed by atoms with Crippen LogP contribution in [-0.4, -0.2) is 40.4 Å². The number of amides is 2. The Morgan fingerprint density at radius 1 is 1.06 bits per heavy atom. The molecular weight excluding hydrogens is 410 g/mol. The number of carbonyl (C=O) groups excluding carboxylic acids is 2. The number of hydrogen-bond donors (Lipinski definition) is 3. The van der Waals surface area contributed by atoms with Crippen molar-refractivity contribution < 1.29 is 18.4 Å². The molecule has 0 radical (unpaired) electrons. The minimum Gasteiger partial charge on any atom is -0.447 e. The van der Waals surface area contributed by atoms with Crippen molar-refractivity contribution in [3.05, 3.63) is 72.6 Å². The summed E-state index contributed by atoms with van der Waals surface area (Å²) in [7, 11) is 0. The van der Waals surface area contributed by atoms with Crippen molar-refractivity contribution in [2.45, 2.75) is 50.2 Å². The van der Waals surface area contributed by atoms with Gasteiger partial charge in [-0.05, 0) is 37.8 Å². The van der Waals surface area contributed by atoms with Crippen molar-refractivity contribution in [1.29, 1.82) is 0 Å². The second kappa shape index (κ2) is 10.7. The van der Waals surface area contributed by atoms with Crippen LogP contribution < -0.4 is 16.0 Å². The Hall–Kier alpha value is -3.46. The molecule has 32 heavy (non-hydrogen) atoms. The van der Waals surface area contributed by atoms with Crippen molar-refractivity contribution >= 4 is 11.8 Å². The highest BCUT2D eigenvalue weighted by molar-refractivity contribution is 5.95. The second-order valence-electron chi connectivity index (χ2n) is 7.89. The highest BCUT2D eigenvalue weighted by Gasteiger charge is 2.37. The summed E-state index contributed by atoms with van der Waals surface area (Å²) in [5, 5.41) is 9.10. The van der Waals surface area contributed by atoms with Gasteiger partial charge in [0.1, 0.15) is 11.8 Å². The van der Waals surface area contributed by atoms with E-state index >= 15 is 0 Å². The first kappa shape index (κ1) is 21.8. The molecule has 2 aromatic heterocycles. The summed E-state index contributed by atoms with van der Waals surface area (Å²) in [5.41, 5.74) is 1.38. The molecule has 1 aliphatic rings. The number of nitrogens with one attached hydrogen (secondary N) is 3. The fourth-order valence-corrected chi connectivity index (χ4v) is 3.70. The molecule has 0 aliphatic heterocycles. The first-order valence-corrected chi connectivity index (χ1v) is 10.8. The highest BCUT2D eigenvalue weighted by atomic mass is 16.3. The zero-order valence-electron chi connectivity index (χ0n) is 17.7. The quantitative estimate of drug-likeness (QED) is 0.372. The number of rotatable bonds is 12. The van der Waals surface area contributed by atoms with Crippen LogP contribution in [0, 0.1) is 0 Å². The molecule has 3 atom stereocenters. The van der Waals surface area contributed by atoms with Crippen LogP contribution in [0.15, 0.2) is 64.3 Å². The molecule has 1 fully saturated rings. The third-order valence-electron chi connectivity index (χ3n) is 5.54. The van der Waals surface area contributed by atoms with Gasteiger partial charge in [0.2, 0.25) is 11.7 Å². The van der Waals surface area contributed by atoms with Crippen LogP contribution in [0.3, 0.4) is 0 Å². The molecule has 1 saturated carbocycles. The van der Waals surface area contributed by atoms with Gasteiger partial charge < -0.3 is 24.8 Å². The van der Waals surface area contributed by atoms with E-state index in [0.717, 1.165) is 25.8 Å². The summed E-state index contributed by atoms with van der Waals surface area (Å²) >= 11 is 0. The first-order chi connectivity index (χ1) is 15.7. The van der Waals surface area contributed by atoms with E-state index in [-0.39, 0.29) is 18.2 Å². The lowest BCUT2D eigenvalue weighted by molar-refractivity contribution is -0.123. The Labute approximate surface area is 186 Å². The molecule has 9 heteroatoms. The van der Waals surface area contributed by atoms with E-state index in [1.807, 2.05) is 6.07 Å². The van der Waals surface area contributed by atoms with Crippen LogP contribution in [0.1, 0.15) is 53.5 Å². The molecule has 168 valence electrons. The summed E-state index contributed by atoms with van der Waals surface area (Å²) in [5.74, 6) is 0.449. The van der Waals surface area contributed by atoms with Crippen molar-refractivity contribution in [2.24, 2.45) is 0 Å². The Morgan fingerprint density at radius 2 is 1.88 bits per heavy atom. The molecule has 4 rings (SSSR count). The van der Waals surface area contributed by atoms with Gasteiger partial charge in [0, 0.05) is 12.0 Å². The standard InChI is InChI=1S/C23H27N5O4/c29-22(27-12-17-11-24-14-31-17)19(28-23(30)21-13-25-15-32-21)8-4-5-9-26-20-10-18(20)16-6-2-1-3-7-16/h1-3,6-7,11,13-15,18-20,26H,4-5,8-10,12H2,(H,27,29)(H,28,30). The van der Waals surface area contributed by atoms with Crippen LogP contribution in [0.2, 0.25) is 0 Å². The molecule has 2 heterocycles. The number of unbranched alkanes of at least 4 members (excludes halogenated alkanes) is 1. The summed E-state index contributed by atoms with van der Waals surface area (Å²) in [6, 6.07) is 10.4. The van der Waals surface area contributed by atoms with Crippen LogP contribution in [0.25, 0.3) is 0 Å². The van der Waals surface area contributed by atoms with Crippen LogP contribution in [0.4, 0.5) is 0 Å². The maximum absolute atomic E-state index is 12.7. The van der Waals surface area contributed by atoms with E-state index in [1.54, 1.807) is 0 Å². The third kappa shape index (κ3) is 6.04. The molecule has 3 unspecified atom stereocenters. The van der Waals surface area contributed by atoms with Crippen molar-refractivity contribution in [1.82, 2.24) is 25.9 Å². The molecule has 3 N–H and O–H groups in total. The number of hydrogen-bond acceptors (Lipinski definition) is 7. The van der Waals surface area contributed by atoms with E-state index in [9.17, 15) is 9.59 Å². The fourth-order valence-electron chi connectivity index (χ4n) is 3.70. The van der Waals surface area contributed by atoms with E-state index < -0.39 is 11.9 Å². The minimum absolute atomic E-state index is 0.0698. The number of benzene rings is 1. The number of nitrogens with zero attached hydrogens (tertiary/aromatic N) is 2. The second-order valence-corrected chi connectivity index (χ2v) is 7.89. The Kier molecular flexibility index (Phi) is 7.29. The number of aromatic nitrogens is 2. The predicted molar refractivity (Wildman–Crippen MR) is 116 cm³/mol. The van der Waals surface area contributed by atoms with Crippen LogP contribution in [0.5, 0.6) is 0 Å². The Bertz CT molecular complexity index is 975. The van der Waals surface area contributed by atoms with E-state index in [4.69, 9.17) is 8.83 Å². The van der Waals surface area contributed by atoms with Gasteiger partial charge in [-0.15, -0.1) is 0 Å². The van der Waals surface area contributed by atoms with Crippen molar-refractivity contribution in [3.63, 3.8) is 0 Å². The minimum atomic E-state index is -0.687. The Morgan fingerprint density at radius 3 is 2.62 bits per heavy atom. The van der Waals surface area contributed by atoms with Crippen LogP contribution >= 0.6 is 0 Å². The van der Waals surface area contributed by atoms with Gasteiger partial charge in [-0.1, -0.05) is 30.3 Å². The molecule has 2 amide bonds. The fraction of sp³-hybridized carbons (Fsp3) is 0.391. The maximum Gasteiger partial charge on any atom is 0.289 e. The summed E-state index contributed by atoms with van der Waals surface area (Å²) in [4.78, 5) is 32.6. The van der Waals surface area contributed by atoms with Gasteiger partial charge in [0.15, 0.2) is 12.8 Å². The topological polar surface area (TPSA) is 122 Å². The normalized spacial score (nSPS) is 18.1. The summed E-state index contributed by atoms with van der Waals surface area (Å²) in [6.07, 6.45) is 8.70. The average Bonchev–Trinajstić information content (AvgIpc) is 3.20. The van der Waals surface area contributed by atoms with E-state index in [0.29, 0.717) is 24.1 Å². The first-order valence-electron chi connectivity index (χ1n) is 10.8. The van der Waals surface area contributed by atoms with Gasteiger partial charge in [-0.25, -0.2) is 9.97 Å².